The fourth-order valence-corrected chi connectivity index (χ4v) is 2.07. The minimum atomic E-state index is -0.971. The van der Waals surface area contributed by atoms with Crippen LogP contribution in [0.2, 0.25) is 5.02 Å². The van der Waals surface area contributed by atoms with E-state index in [0.29, 0.717) is 0 Å². The predicted octanol–water partition coefficient (Wildman–Crippen LogP) is 1.19. The molecule has 1 saturated carbocycles. The minimum Gasteiger partial charge on any atom is -0.451 e. The van der Waals surface area contributed by atoms with E-state index >= 15 is 0 Å². The number of esters is 1. The summed E-state index contributed by atoms with van der Waals surface area (Å²) >= 11 is 5.67. The molecule has 0 aliphatic heterocycles. The summed E-state index contributed by atoms with van der Waals surface area (Å²) < 4.78 is 4.91. The van der Waals surface area contributed by atoms with E-state index in [1.165, 1.54) is 19.1 Å². The van der Waals surface area contributed by atoms with E-state index in [2.05, 4.69) is 10.6 Å². The second-order valence-electron chi connectivity index (χ2n) is 5.52. The van der Waals surface area contributed by atoms with Crippen LogP contribution in [0, 0.1) is 10.1 Å². The molecule has 1 atom stereocenters. The Balaban J connectivity index is 1.84. The highest BCUT2D eigenvalue weighted by Crippen LogP contribution is 2.25. The molecule has 0 unspecified atom stereocenters. The summed E-state index contributed by atoms with van der Waals surface area (Å²) in [5.41, 5.74) is -0.439. The summed E-state index contributed by atoms with van der Waals surface area (Å²) in [4.78, 5) is 45.4. The molecule has 0 bridgehead atoms. The van der Waals surface area contributed by atoms with Gasteiger partial charge in [-0.15, -0.1) is 0 Å². The van der Waals surface area contributed by atoms with Crippen molar-refractivity contribution in [3.05, 3.63) is 38.9 Å². The number of halogens is 1. The van der Waals surface area contributed by atoms with Crippen LogP contribution in [-0.2, 0) is 14.3 Å². The zero-order valence-corrected chi connectivity index (χ0v) is 14.0. The highest BCUT2D eigenvalue weighted by molar-refractivity contribution is 6.32. The number of nitrogens with one attached hydrogen (secondary N) is 2. The molecule has 1 aliphatic rings. The highest BCUT2D eigenvalue weighted by atomic mass is 35.5. The van der Waals surface area contributed by atoms with Gasteiger partial charge >= 0.3 is 5.97 Å². The standard InChI is InChI=1S/C15H16ClN3O6/c1-8(14(21)18-10-3-4-10)25-13(20)7-17-15(22)9-2-5-11(16)12(6-9)19(23)24/h2,5-6,8,10H,3-4,7H2,1H3,(H,17,22)(H,18,21)/t8-/m0/s1. The molecule has 0 aromatic heterocycles. The molecule has 1 aromatic carbocycles. The summed E-state index contributed by atoms with van der Waals surface area (Å²) in [6, 6.07) is 3.67. The fraction of sp³-hybridized carbons (Fsp3) is 0.400. The molecule has 2 amide bonds. The van der Waals surface area contributed by atoms with Crippen LogP contribution < -0.4 is 10.6 Å². The van der Waals surface area contributed by atoms with Gasteiger partial charge in [-0.2, -0.15) is 0 Å². The van der Waals surface area contributed by atoms with E-state index < -0.39 is 41.0 Å². The van der Waals surface area contributed by atoms with Gasteiger partial charge in [0, 0.05) is 17.7 Å². The smallest absolute Gasteiger partial charge is 0.326 e. The molecule has 1 fully saturated rings. The predicted molar refractivity (Wildman–Crippen MR) is 87.2 cm³/mol. The maximum absolute atomic E-state index is 11.9. The second kappa shape index (κ2) is 7.93. The molecule has 9 nitrogen and oxygen atoms in total. The molecule has 0 radical (unpaired) electrons. The molecule has 0 heterocycles. The molecular weight excluding hydrogens is 354 g/mol. The van der Waals surface area contributed by atoms with E-state index in [1.54, 1.807) is 0 Å². The quantitative estimate of drug-likeness (QED) is 0.422. The molecule has 0 saturated heterocycles. The Morgan fingerprint density at radius 2 is 2.08 bits per heavy atom. The molecule has 134 valence electrons. The SMILES string of the molecule is C[C@H](OC(=O)CNC(=O)c1ccc(Cl)c([N+](=O)[O-])c1)C(=O)NC1CC1. The van der Waals surface area contributed by atoms with E-state index in [4.69, 9.17) is 16.3 Å². The first-order valence-corrected chi connectivity index (χ1v) is 7.87. The van der Waals surface area contributed by atoms with Crippen molar-refractivity contribution in [3.63, 3.8) is 0 Å². The molecule has 2 rings (SSSR count). The first-order valence-electron chi connectivity index (χ1n) is 7.50. The first-order chi connectivity index (χ1) is 11.8. The van der Waals surface area contributed by atoms with Crippen LogP contribution in [0.4, 0.5) is 5.69 Å². The van der Waals surface area contributed by atoms with Crippen molar-refractivity contribution in [2.75, 3.05) is 6.54 Å². The van der Waals surface area contributed by atoms with Crippen LogP contribution in [0.25, 0.3) is 0 Å². The van der Waals surface area contributed by atoms with Crippen molar-refractivity contribution in [2.45, 2.75) is 31.9 Å². The number of amides is 2. The maximum atomic E-state index is 11.9. The molecule has 1 aromatic rings. The highest BCUT2D eigenvalue weighted by Gasteiger charge is 2.27. The van der Waals surface area contributed by atoms with Crippen LogP contribution in [0.15, 0.2) is 18.2 Å². The number of ether oxygens (including phenoxy) is 1. The van der Waals surface area contributed by atoms with Crippen molar-refractivity contribution < 1.29 is 24.0 Å². The Kier molecular flexibility index (Phi) is 5.92. The van der Waals surface area contributed by atoms with E-state index in [-0.39, 0.29) is 16.6 Å². The van der Waals surface area contributed by atoms with Crippen LogP contribution in [0.5, 0.6) is 0 Å². The Labute approximate surface area is 147 Å². The Bertz CT molecular complexity index is 719. The third-order valence-electron chi connectivity index (χ3n) is 3.40. The zero-order chi connectivity index (χ0) is 18.6. The summed E-state index contributed by atoms with van der Waals surface area (Å²) in [6.45, 7) is 0.955. The number of nitrogens with zero attached hydrogens (tertiary/aromatic N) is 1. The third-order valence-corrected chi connectivity index (χ3v) is 3.72. The lowest BCUT2D eigenvalue weighted by molar-refractivity contribution is -0.384. The number of hydrogen-bond acceptors (Lipinski definition) is 6. The van der Waals surface area contributed by atoms with Crippen molar-refractivity contribution in [1.82, 2.24) is 10.6 Å². The summed E-state index contributed by atoms with van der Waals surface area (Å²) in [6.07, 6.45) is 0.854. The van der Waals surface area contributed by atoms with Gasteiger partial charge in [-0.25, -0.2) is 0 Å². The number of carbonyl (C=O) groups is 3. The first kappa shape index (κ1) is 18.7. The largest absolute Gasteiger partial charge is 0.451 e. The van der Waals surface area contributed by atoms with Gasteiger partial charge in [0.2, 0.25) is 0 Å². The van der Waals surface area contributed by atoms with Gasteiger partial charge in [0.1, 0.15) is 11.6 Å². The average Bonchev–Trinajstić information content (AvgIpc) is 3.36. The summed E-state index contributed by atoms with van der Waals surface area (Å²) in [7, 11) is 0. The van der Waals surface area contributed by atoms with Gasteiger partial charge < -0.3 is 15.4 Å². The number of nitro groups is 1. The number of rotatable bonds is 7. The lowest BCUT2D eigenvalue weighted by Gasteiger charge is -2.13. The van der Waals surface area contributed by atoms with Gasteiger partial charge in [-0.3, -0.25) is 24.5 Å². The van der Waals surface area contributed by atoms with Gasteiger partial charge in [-0.05, 0) is 31.9 Å². The van der Waals surface area contributed by atoms with Crippen molar-refractivity contribution in [2.24, 2.45) is 0 Å². The lowest BCUT2D eigenvalue weighted by Crippen LogP contribution is -2.39. The third kappa shape index (κ3) is 5.42. The molecule has 25 heavy (non-hydrogen) atoms. The molecule has 0 spiro atoms. The summed E-state index contributed by atoms with van der Waals surface area (Å²) in [5.74, 6) is -1.89. The Morgan fingerprint density at radius 3 is 2.68 bits per heavy atom. The average molecular weight is 370 g/mol. The fourth-order valence-electron chi connectivity index (χ4n) is 1.89. The number of carbonyl (C=O) groups excluding carboxylic acids is 3. The lowest BCUT2D eigenvalue weighted by atomic mass is 10.2. The van der Waals surface area contributed by atoms with Crippen molar-refractivity contribution >= 4 is 35.1 Å². The van der Waals surface area contributed by atoms with Gasteiger partial charge in [-0.1, -0.05) is 11.6 Å². The van der Waals surface area contributed by atoms with Gasteiger partial charge in [0.15, 0.2) is 6.10 Å². The maximum Gasteiger partial charge on any atom is 0.326 e. The zero-order valence-electron chi connectivity index (χ0n) is 13.3. The number of benzene rings is 1. The molecule has 10 heteroatoms. The van der Waals surface area contributed by atoms with E-state index in [9.17, 15) is 24.5 Å². The topological polar surface area (TPSA) is 128 Å². The molecular formula is C15H16ClN3O6. The number of hydrogen-bond donors (Lipinski definition) is 2. The van der Waals surface area contributed by atoms with Crippen LogP contribution in [0.1, 0.15) is 30.1 Å². The normalized spacial score (nSPS) is 14.3. The number of nitro benzene ring substituents is 1. The Morgan fingerprint density at radius 1 is 1.40 bits per heavy atom. The molecule has 1 aliphatic carbocycles. The van der Waals surface area contributed by atoms with Gasteiger partial charge in [0.25, 0.3) is 17.5 Å². The van der Waals surface area contributed by atoms with Crippen LogP contribution >= 0.6 is 11.6 Å². The van der Waals surface area contributed by atoms with Crippen LogP contribution in [-0.4, -0.2) is 41.4 Å². The summed E-state index contributed by atoms with van der Waals surface area (Å²) in [5, 5.41) is 15.7. The van der Waals surface area contributed by atoms with Gasteiger partial charge in [0.05, 0.1) is 4.92 Å². The second-order valence-corrected chi connectivity index (χ2v) is 5.93. The van der Waals surface area contributed by atoms with E-state index in [0.717, 1.165) is 18.9 Å². The monoisotopic (exact) mass is 369 g/mol. The minimum absolute atomic E-state index is 0.0246. The van der Waals surface area contributed by atoms with Crippen molar-refractivity contribution in [1.29, 1.82) is 0 Å². The van der Waals surface area contributed by atoms with Crippen LogP contribution in [0.3, 0.4) is 0 Å². The van der Waals surface area contributed by atoms with Crippen molar-refractivity contribution in [3.8, 4) is 0 Å². The Hall–Kier alpha value is -2.68. The van der Waals surface area contributed by atoms with E-state index in [1.807, 2.05) is 0 Å². The molecule has 2 N–H and O–H groups in total.